The number of carbonyl (C=O) groups is 1. The largest absolute Gasteiger partial charge is 0.384 e. The molecule has 0 spiro atoms. The van der Waals surface area contributed by atoms with Crippen molar-refractivity contribution in [1.29, 1.82) is 5.41 Å². The molecule has 3 aromatic rings. The van der Waals surface area contributed by atoms with E-state index in [1.54, 1.807) is 12.1 Å². The zero-order valence-corrected chi connectivity index (χ0v) is 20.4. The highest BCUT2D eigenvalue weighted by atomic mass is 32.2. The molecule has 8 heteroatoms. The number of amidine groups is 1. The molecule has 4 rings (SSSR count). The number of carbonyl (C=O) groups excluding carboxylic acids is 1. The maximum atomic E-state index is 12.7. The van der Waals surface area contributed by atoms with Crippen LogP contribution in [0.4, 0.5) is 4.79 Å². The van der Waals surface area contributed by atoms with Crippen molar-refractivity contribution in [2.75, 3.05) is 6.26 Å². The average molecular weight is 491 g/mol. The third-order valence-electron chi connectivity index (χ3n) is 6.74. The zero-order valence-electron chi connectivity index (χ0n) is 19.6. The summed E-state index contributed by atoms with van der Waals surface area (Å²) in [6.45, 7) is 0. The van der Waals surface area contributed by atoms with Crippen LogP contribution in [0.15, 0.2) is 77.7 Å². The number of nitrogens with one attached hydrogen (secondary N) is 2. The summed E-state index contributed by atoms with van der Waals surface area (Å²) in [6, 6.07) is 21.9. The Hall–Kier alpha value is -3.65. The van der Waals surface area contributed by atoms with Crippen LogP contribution in [0.1, 0.15) is 41.9 Å². The van der Waals surface area contributed by atoms with Gasteiger partial charge in [-0.1, -0.05) is 60.7 Å². The Morgan fingerprint density at radius 1 is 1.06 bits per heavy atom. The standard InChI is InChI=1S/C27H30N4O3S/c1-35(33,34)24-15-20(10-11-23(24)19-7-3-2-4-8-19)22-12-13-27(17-22,31-26(30)32)16-18-6-5-9-21(14-18)25(28)29/h2-11,14-15,22H,12-13,16-17H2,1H3,(H3,28,29)(H3,30,31,32). The third kappa shape index (κ3) is 5.54. The molecular weight excluding hydrogens is 460 g/mol. The first kappa shape index (κ1) is 24.5. The molecule has 1 aliphatic carbocycles. The van der Waals surface area contributed by atoms with Crippen molar-refractivity contribution in [3.8, 4) is 11.1 Å². The molecule has 0 radical (unpaired) electrons. The van der Waals surface area contributed by atoms with Crippen molar-refractivity contribution >= 4 is 21.7 Å². The van der Waals surface area contributed by atoms with E-state index in [9.17, 15) is 13.2 Å². The minimum Gasteiger partial charge on any atom is -0.384 e. The van der Waals surface area contributed by atoms with Crippen LogP contribution in [0, 0.1) is 5.41 Å². The van der Waals surface area contributed by atoms with Crippen LogP contribution < -0.4 is 16.8 Å². The van der Waals surface area contributed by atoms with E-state index in [0.29, 0.717) is 35.3 Å². The summed E-state index contributed by atoms with van der Waals surface area (Å²) in [5.41, 5.74) is 14.7. The van der Waals surface area contributed by atoms with Crippen molar-refractivity contribution in [3.63, 3.8) is 0 Å². The van der Waals surface area contributed by atoms with Gasteiger partial charge in [-0.05, 0) is 60.4 Å². The predicted molar refractivity (Wildman–Crippen MR) is 138 cm³/mol. The van der Waals surface area contributed by atoms with Crippen LogP contribution in [0.3, 0.4) is 0 Å². The Morgan fingerprint density at radius 2 is 1.80 bits per heavy atom. The molecule has 3 aromatic carbocycles. The molecule has 0 heterocycles. The number of nitrogens with two attached hydrogens (primary N) is 2. The van der Waals surface area contributed by atoms with Gasteiger partial charge < -0.3 is 16.8 Å². The lowest BCUT2D eigenvalue weighted by atomic mass is 9.86. The maximum Gasteiger partial charge on any atom is 0.312 e. The number of amides is 2. The normalized spacial score (nSPS) is 19.9. The van der Waals surface area contributed by atoms with E-state index >= 15 is 0 Å². The van der Waals surface area contributed by atoms with E-state index in [2.05, 4.69) is 5.32 Å². The van der Waals surface area contributed by atoms with Gasteiger partial charge in [0.05, 0.1) is 4.90 Å². The van der Waals surface area contributed by atoms with Crippen LogP contribution in [0.5, 0.6) is 0 Å². The molecule has 182 valence electrons. The fourth-order valence-electron chi connectivity index (χ4n) is 5.19. The molecule has 6 N–H and O–H groups in total. The fourth-order valence-corrected chi connectivity index (χ4v) is 6.12. The molecule has 1 aliphatic rings. The van der Waals surface area contributed by atoms with Gasteiger partial charge in [0.1, 0.15) is 5.84 Å². The van der Waals surface area contributed by atoms with Crippen molar-refractivity contribution in [1.82, 2.24) is 5.32 Å². The Labute approximate surface area is 206 Å². The average Bonchev–Trinajstić information content (AvgIpc) is 3.21. The Kier molecular flexibility index (Phi) is 6.67. The van der Waals surface area contributed by atoms with Gasteiger partial charge in [-0.25, -0.2) is 13.2 Å². The summed E-state index contributed by atoms with van der Waals surface area (Å²) in [5, 5.41) is 10.7. The second-order valence-electron chi connectivity index (χ2n) is 9.39. The van der Waals surface area contributed by atoms with Crippen LogP contribution in [0.2, 0.25) is 0 Å². The van der Waals surface area contributed by atoms with E-state index in [4.69, 9.17) is 16.9 Å². The summed E-state index contributed by atoms with van der Waals surface area (Å²) in [7, 11) is -3.46. The number of benzene rings is 3. The fraction of sp³-hybridized carbons (Fsp3) is 0.259. The van der Waals surface area contributed by atoms with Crippen molar-refractivity contribution < 1.29 is 13.2 Å². The Balaban J connectivity index is 1.67. The molecule has 2 unspecified atom stereocenters. The van der Waals surface area contributed by atoms with E-state index in [-0.39, 0.29) is 11.8 Å². The van der Waals surface area contributed by atoms with Gasteiger partial charge in [-0.15, -0.1) is 0 Å². The molecule has 1 saturated carbocycles. The highest BCUT2D eigenvalue weighted by molar-refractivity contribution is 7.90. The van der Waals surface area contributed by atoms with E-state index in [1.165, 1.54) is 6.26 Å². The highest BCUT2D eigenvalue weighted by Gasteiger charge is 2.41. The van der Waals surface area contributed by atoms with Crippen LogP contribution in [-0.2, 0) is 16.3 Å². The monoisotopic (exact) mass is 490 g/mol. The van der Waals surface area contributed by atoms with Gasteiger partial charge >= 0.3 is 6.03 Å². The van der Waals surface area contributed by atoms with Crippen LogP contribution >= 0.6 is 0 Å². The second kappa shape index (κ2) is 9.54. The SMILES string of the molecule is CS(=O)(=O)c1cc(C2CCC(Cc3cccc(C(=N)N)c3)(NC(N)=O)C2)ccc1-c1ccccc1. The molecule has 0 saturated heterocycles. The van der Waals surface area contributed by atoms with Crippen molar-refractivity contribution in [2.45, 2.75) is 42.0 Å². The number of hydrogen-bond acceptors (Lipinski definition) is 4. The van der Waals surface area contributed by atoms with E-state index < -0.39 is 21.4 Å². The molecule has 2 atom stereocenters. The number of primary amides is 1. The molecule has 7 nitrogen and oxygen atoms in total. The number of urea groups is 1. The van der Waals surface area contributed by atoms with Crippen molar-refractivity contribution in [3.05, 3.63) is 89.5 Å². The lowest BCUT2D eigenvalue weighted by Gasteiger charge is -2.30. The highest BCUT2D eigenvalue weighted by Crippen LogP contribution is 2.44. The van der Waals surface area contributed by atoms with Gasteiger partial charge in [-0.3, -0.25) is 5.41 Å². The second-order valence-corrected chi connectivity index (χ2v) is 11.4. The Bertz CT molecular complexity index is 1370. The van der Waals surface area contributed by atoms with Gasteiger partial charge in [0.15, 0.2) is 9.84 Å². The number of sulfone groups is 1. The molecule has 0 bridgehead atoms. The number of nitrogen functional groups attached to an aromatic ring is 1. The van der Waals surface area contributed by atoms with Gasteiger partial charge in [-0.2, -0.15) is 0 Å². The lowest BCUT2D eigenvalue weighted by Crippen LogP contribution is -2.50. The molecule has 1 fully saturated rings. The summed E-state index contributed by atoms with van der Waals surface area (Å²) in [4.78, 5) is 12.2. The summed E-state index contributed by atoms with van der Waals surface area (Å²) >= 11 is 0. The molecule has 2 amide bonds. The molecule has 0 aromatic heterocycles. The summed E-state index contributed by atoms with van der Waals surface area (Å²) in [5.74, 6) is 0.0445. The molecule has 35 heavy (non-hydrogen) atoms. The molecular formula is C27H30N4O3S. The minimum atomic E-state index is -3.46. The van der Waals surface area contributed by atoms with Crippen molar-refractivity contribution in [2.24, 2.45) is 11.5 Å². The van der Waals surface area contributed by atoms with Gasteiger partial charge in [0.2, 0.25) is 0 Å². The van der Waals surface area contributed by atoms with E-state index in [1.807, 2.05) is 60.7 Å². The smallest absolute Gasteiger partial charge is 0.312 e. The first-order valence-corrected chi connectivity index (χ1v) is 13.4. The van der Waals surface area contributed by atoms with E-state index in [0.717, 1.165) is 23.1 Å². The quantitative estimate of drug-likeness (QED) is 0.294. The third-order valence-corrected chi connectivity index (χ3v) is 7.88. The van der Waals surface area contributed by atoms with Gasteiger partial charge in [0, 0.05) is 22.9 Å². The number of hydrogen-bond donors (Lipinski definition) is 4. The zero-order chi connectivity index (χ0) is 25.2. The Morgan fingerprint density at radius 3 is 2.46 bits per heavy atom. The first-order chi connectivity index (χ1) is 16.6. The summed E-state index contributed by atoms with van der Waals surface area (Å²) < 4.78 is 25.4. The van der Waals surface area contributed by atoms with Gasteiger partial charge in [0.25, 0.3) is 0 Å². The topological polar surface area (TPSA) is 139 Å². The minimum absolute atomic E-state index is 0.0140. The van der Waals surface area contributed by atoms with Crippen LogP contribution in [0.25, 0.3) is 11.1 Å². The van der Waals surface area contributed by atoms with Crippen LogP contribution in [-0.4, -0.2) is 32.1 Å². The maximum absolute atomic E-state index is 12.7. The number of rotatable bonds is 7. The summed E-state index contributed by atoms with van der Waals surface area (Å²) in [6.07, 6.45) is 3.86. The first-order valence-electron chi connectivity index (χ1n) is 11.5. The molecule has 0 aliphatic heterocycles. The predicted octanol–water partition coefficient (Wildman–Crippen LogP) is 3.96. The lowest BCUT2D eigenvalue weighted by molar-refractivity contribution is 0.232.